The van der Waals surface area contributed by atoms with Crippen molar-refractivity contribution in [3.8, 4) is 0 Å². The Kier molecular flexibility index (Phi) is 4.36. The summed E-state index contributed by atoms with van der Waals surface area (Å²) in [6.07, 6.45) is 1.13. The first-order chi connectivity index (χ1) is 7.60. The molecule has 96 valence electrons. The van der Waals surface area contributed by atoms with E-state index in [4.69, 9.17) is 0 Å². The van der Waals surface area contributed by atoms with Crippen molar-refractivity contribution < 1.29 is 0 Å². The second-order valence-electron chi connectivity index (χ2n) is 6.70. The fourth-order valence-electron chi connectivity index (χ4n) is 2.33. The first-order valence-corrected chi connectivity index (χ1v) is 7.84. The van der Waals surface area contributed by atoms with Crippen molar-refractivity contribution in [2.75, 3.05) is 0 Å². The zero-order valence-corrected chi connectivity index (χ0v) is 13.2. The Hall–Kier alpha value is -0.420. The zero-order chi connectivity index (χ0) is 13.3. The first-order valence-electron chi connectivity index (χ1n) is 6.31. The van der Waals surface area contributed by atoms with Crippen LogP contribution in [0.4, 0.5) is 0 Å². The van der Waals surface area contributed by atoms with Crippen LogP contribution in [0.2, 0.25) is 0 Å². The number of nitrogens with zero attached hydrogens (tertiary/aromatic N) is 1. The quantitative estimate of drug-likeness (QED) is 0.676. The number of aromatic nitrogens is 1. The van der Waals surface area contributed by atoms with Crippen LogP contribution in [0.5, 0.6) is 0 Å². The monoisotopic (exact) mass is 251 g/mol. The summed E-state index contributed by atoms with van der Waals surface area (Å²) >= 11 is 0. The maximum absolute atomic E-state index is 4.66. The predicted molar refractivity (Wildman–Crippen MR) is 79.1 cm³/mol. The number of pyridine rings is 1. The summed E-state index contributed by atoms with van der Waals surface area (Å²) in [5.74, 6) is 0. The van der Waals surface area contributed by atoms with E-state index in [9.17, 15) is 0 Å². The van der Waals surface area contributed by atoms with E-state index in [1.165, 1.54) is 5.69 Å². The summed E-state index contributed by atoms with van der Waals surface area (Å²) in [6.45, 7) is 16.2. The van der Waals surface area contributed by atoms with Gasteiger partial charge in [-0.2, -0.15) is 0 Å². The molecule has 1 rings (SSSR count). The Morgan fingerprint density at radius 3 is 1.94 bits per heavy atom. The standard InChI is InChI=1S/C15H26NP/c1-12-9-8-10-13(16-12)11-17(14(2,3)4)15(5,6)7/h8-10H,11H2,1-7H3. The molecule has 0 aromatic carbocycles. The molecule has 0 aliphatic carbocycles. The Balaban J connectivity index is 2.96. The lowest BCUT2D eigenvalue weighted by Gasteiger charge is -2.41. The second kappa shape index (κ2) is 5.06. The van der Waals surface area contributed by atoms with E-state index < -0.39 is 0 Å². The van der Waals surface area contributed by atoms with Gasteiger partial charge in [-0.3, -0.25) is 4.98 Å². The molecule has 0 bridgehead atoms. The molecule has 1 heterocycles. The molecule has 0 radical (unpaired) electrons. The van der Waals surface area contributed by atoms with Gasteiger partial charge in [-0.05, 0) is 29.4 Å². The average molecular weight is 251 g/mol. The molecule has 0 fully saturated rings. The van der Waals surface area contributed by atoms with Crippen molar-refractivity contribution in [3.63, 3.8) is 0 Å². The second-order valence-corrected chi connectivity index (χ2v) is 10.6. The number of aryl methyl sites for hydroxylation is 1. The Labute approximate surface area is 108 Å². The van der Waals surface area contributed by atoms with E-state index in [1.54, 1.807) is 0 Å². The molecular weight excluding hydrogens is 225 g/mol. The molecule has 0 spiro atoms. The van der Waals surface area contributed by atoms with E-state index in [2.05, 4.69) is 71.6 Å². The highest BCUT2D eigenvalue weighted by Crippen LogP contribution is 2.60. The van der Waals surface area contributed by atoms with Crippen molar-refractivity contribution in [1.82, 2.24) is 4.98 Å². The highest BCUT2D eigenvalue weighted by Gasteiger charge is 2.34. The van der Waals surface area contributed by atoms with Crippen LogP contribution in [0.3, 0.4) is 0 Å². The summed E-state index contributed by atoms with van der Waals surface area (Å²) in [4.78, 5) is 4.66. The van der Waals surface area contributed by atoms with Crippen molar-refractivity contribution in [2.24, 2.45) is 0 Å². The molecule has 0 saturated heterocycles. The summed E-state index contributed by atoms with van der Waals surface area (Å²) in [7, 11) is -0.0939. The Morgan fingerprint density at radius 2 is 1.53 bits per heavy atom. The van der Waals surface area contributed by atoms with Gasteiger partial charge in [0.25, 0.3) is 0 Å². The molecule has 0 N–H and O–H groups in total. The molecule has 1 nitrogen and oxygen atoms in total. The fraction of sp³-hybridized carbons (Fsp3) is 0.667. The van der Waals surface area contributed by atoms with Gasteiger partial charge in [-0.25, -0.2) is 0 Å². The van der Waals surface area contributed by atoms with E-state index >= 15 is 0 Å². The van der Waals surface area contributed by atoms with Crippen LogP contribution >= 0.6 is 7.92 Å². The van der Waals surface area contributed by atoms with Crippen LogP contribution in [0.15, 0.2) is 18.2 Å². The molecule has 0 saturated carbocycles. The van der Waals surface area contributed by atoms with Gasteiger partial charge >= 0.3 is 0 Å². The molecule has 0 aliphatic heterocycles. The van der Waals surface area contributed by atoms with Crippen LogP contribution in [0.25, 0.3) is 0 Å². The van der Waals surface area contributed by atoms with Gasteiger partial charge in [0.1, 0.15) is 0 Å². The van der Waals surface area contributed by atoms with Crippen molar-refractivity contribution in [1.29, 1.82) is 0 Å². The van der Waals surface area contributed by atoms with Gasteiger partial charge in [-0.1, -0.05) is 55.5 Å². The molecule has 0 amide bonds. The lowest BCUT2D eigenvalue weighted by atomic mass is 10.2. The number of rotatable bonds is 2. The minimum Gasteiger partial charge on any atom is -0.258 e. The van der Waals surface area contributed by atoms with Gasteiger partial charge in [0.2, 0.25) is 0 Å². The first kappa shape index (κ1) is 14.6. The highest BCUT2D eigenvalue weighted by atomic mass is 31.1. The Bertz CT molecular complexity index is 357. The third-order valence-electron chi connectivity index (χ3n) is 2.89. The highest BCUT2D eigenvalue weighted by molar-refractivity contribution is 7.60. The minimum absolute atomic E-state index is 0.0939. The van der Waals surface area contributed by atoms with Gasteiger partial charge < -0.3 is 0 Å². The van der Waals surface area contributed by atoms with Gasteiger partial charge in [0.15, 0.2) is 0 Å². The molecule has 1 aromatic heterocycles. The third kappa shape index (κ3) is 4.39. The average Bonchev–Trinajstić information content (AvgIpc) is 2.10. The van der Waals surface area contributed by atoms with Crippen LogP contribution in [-0.4, -0.2) is 15.3 Å². The SMILES string of the molecule is Cc1cccc(CP(C(C)(C)C)C(C)(C)C)n1. The van der Waals surface area contributed by atoms with Crippen LogP contribution in [0, 0.1) is 6.92 Å². The van der Waals surface area contributed by atoms with Gasteiger partial charge in [0, 0.05) is 17.5 Å². The molecule has 1 aromatic rings. The molecular formula is C15H26NP. The Morgan fingerprint density at radius 1 is 1.00 bits per heavy atom. The largest absolute Gasteiger partial charge is 0.258 e. The molecule has 17 heavy (non-hydrogen) atoms. The molecule has 0 aliphatic rings. The summed E-state index contributed by atoms with van der Waals surface area (Å²) < 4.78 is 0. The summed E-state index contributed by atoms with van der Waals surface area (Å²) in [5, 5.41) is 0.748. The van der Waals surface area contributed by atoms with Gasteiger partial charge in [-0.15, -0.1) is 0 Å². The fourth-order valence-corrected chi connectivity index (χ4v) is 5.79. The van der Waals surface area contributed by atoms with E-state index in [-0.39, 0.29) is 7.92 Å². The molecule has 0 atom stereocenters. The maximum atomic E-state index is 4.66. The predicted octanol–water partition coefficient (Wildman–Crippen LogP) is 4.97. The smallest absolute Gasteiger partial charge is 0.0449 e. The third-order valence-corrected chi connectivity index (χ3v) is 6.76. The topological polar surface area (TPSA) is 12.9 Å². The normalized spacial score (nSPS) is 13.2. The van der Waals surface area contributed by atoms with Crippen molar-refractivity contribution in [2.45, 2.75) is 64.9 Å². The van der Waals surface area contributed by atoms with Gasteiger partial charge in [0.05, 0.1) is 0 Å². The van der Waals surface area contributed by atoms with E-state index in [1.807, 2.05) is 0 Å². The zero-order valence-electron chi connectivity index (χ0n) is 12.3. The van der Waals surface area contributed by atoms with Crippen LogP contribution in [-0.2, 0) is 6.16 Å². The summed E-state index contributed by atoms with van der Waals surface area (Å²) in [5.41, 5.74) is 2.38. The number of hydrogen-bond donors (Lipinski definition) is 0. The molecule has 2 heteroatoms. The van der Waals surface area contributed by atoms with Crippen molar-refractivity contribution in [3.05, 3.63) is 29.6 Å². The summed E-state index contributed by atoms with van der Waals surface area (Å²) in [6, 6.07) is 6.36. The van der Waals surface area contributed by atoms with E-state index in [0.717, 1.165) is 11.9 Å². The molecule has 0 unspecified atom stereocenters. The van der Waals surface area contributed by atoms with E-state index in [0.29, 0.717) is 10.3 Å². The number of hydrogen-bond acceptors (Lipinski definition) is 1. The maximum Gasteiger partial charge on any atom is 0.0449 e. The lowest BCUT2D eigenvalue weighted by Crippen LogP contribution is -2.26. The van der Waals surface area contributed by atoms with Crippen molar-refractivity contribution >= 4 is 7.92 Å². The van der Waals surface area contributed by atoms with Crippen LogP contribution < -0.4 is 0 Å². The van der Waals surface area contributed by atoms with Crippen LogP contribution in [0.1, 0.15) is 52.9 Å². The lowest BCUT2D eigenvalue weighted by molar-refractivity contribution is 0.701. The minimum atomic E-state index is -0.0939.